The Hall–Kier alpha value is -3.57. The summed E-state index contributed by atoms with van der Waals surface area (Å²) >= 11 is 6.54. The molecule has 2 aromatic carbocycles. The molecule has 0 aliphatic heterocycles. The highest BCUT2D eigenvalue weighted by Crippen LogP contribution is 2.40. The molecule has 12 heteroatoms. The van der Waals surface area contributed by atoms with Crippen molar-refractivity contribution in [1.29, 1.82) is 0 Å². The SMILES string of the molecule is Cn1nc(CS(C)(=O)=O)c2c(Cl)ccc(-c3cc(N)cnc3[C@@H](CC(=O)OC(C)(C)C)Cc3cc(F)cc(F)c3)c21. The number of fused-ring (bicyclic) bond motifs is 1. The third kappa shape index (κ3) is 7.39. The zero-order valence-electron chi connectivity index (χ0n) is 23.3. The second kappa shape index (κ2) is 11.4. The number of nitrogens with zero attached hydrogens (tertiary/aromatic N) is 3. The summed E-state index contributed by atoms with van der Waals surface area (Å²) in [4.78, 5) is 17.6. The fraction of sp³-hybridized carbons (Fsp3) is 0.345. The summed E-state index contributed by atoms with van der Waals surface area (Å²) in [7, 11) is -1.76. The zero-order valence-corrected chi connectivity index (χ0v) is 24.9. The van der Waals surface area contributed by atoms with Crippen molar-refractivity contribution in [1.82, 2.24) is 14.8 Å². The number of pyridine rings is 1. The first-order valence-electron chi connectivity index (χ1n) is 12.7. The first-order valence-corrected chi connectivity index (χ1v) is 15.2. The van der Waals surface area contributed by atoms with Crippen LogP contribution in [0.25, 0.3) is 22.0 Å². The predicted octanol–water partition coefficient (Wildman–Crippen LogP) is 5.75. The smallest absolute Gasteiger partial charge is 0.306 e. The Kier molecular flexibility index (Phi) is 8.42. The van der Waals surface area contributed by atoms with Crippen molar-refractivity contribution in [3.63, 3.8) is 0 Å². The highest BCUT2D eigenvalue weighted by Gasteiger charge is 2.28. The first-order chi connectivity index (χ1) is 19.0. The number of esters is 1. The molecule has 2 heterocycles. The fourth-order valence-corrected chi connectivity index (χ4v) is 5.88. The molecule has 8 nitrogen and oxygen atoms in total. The van der Waals surface area contributed by atoms with Crippen LogP contribution in [0.5, 0.6) is 0 Å². The van der Waals surface area contributed by atoms with Gasteiger partial charge in [-0.1, -0.05) is 17.7 Å². The van der Waals surface area contributed by atoms with Gasteiger partial charge in [0.1, 0.15) is 17.2 Å². The quantitative estimate of drug-likeness (QED) is 0.254. The van der Waals surface area contributed by atoms with Crippen LogP contribution in [-0.4, -0.2) is 41.0 Å². The monoisotopic (exact) mass is 604 g/mol. The summed E-state index contributed by atoms with van der Waals surface area (Å²) in [6.45, 7) is 5.24. The van der Waals surface area contributed by atoms with Crippen molar-refractivity contribution in [3.8, 4) is 11.1 Å². The minimum Gasteiger partial charge on any atom is -0.460 e. The van der Waals surface area contributed by atoms with Gasteiger partial charge in [-0.3, -0.25) is 14.5 Å². The summed E-state index contributed by atoms with van der Waals surface area (Å²) in [5, 5.41) is 5.21. The number of hydrogen-bond donors (Lipinski definition) is 1. The molecular weight excluding hydrogens is 574 g/mol. The van der Waals surface area contributed by atoms with E-state index in [1.807, 2.05) is 0 Å². The molecule has 218 valence electrons. The molecule has 0 radical (unpaired) electrons. The van der Waals surface area contributed by atoms with Crippen LogP contribution in [0.3, 0.4) is 0 Å². The number of hydrogen-bond acceptors (Lipinski definition) is 7. The van der Waals surface area contributed by atoms with Crippen molar-refractivity contribution in [2.45, 2.75) is 50.9 Å². The molecule has 0 aliphatic carbocycles. The molecule has 0 unspecified atom stereocenters. The Balaban J connectivity index is 1.92. The Morgan fingerprint density at radius 2 is 1.78 bits per heavy atom. The van der Waals surface area contributed by atoms with Gasteiger partial charge in [0.05, 0.1) is 46.0 Å². The van der Waals surface area contributed by atoms with Crippen LogP contribution in [0, 0.1) is 11.6 Å². The number of sulfone groups is 1. The highest BCUT2D eigenvalue weighted by atomic mass is 35.5. The number of halogens is 3. The maximum absolute atomic E-state index is 14.1. The predicted molar refractivity (Wildman–Crippen MR) is 155 cm³/mol. The molecule has 0 saturated carbocycles. The van der Waals surface area contributed by atoms with Crippen LogP contribution in [0.1, 0.15) is 50.1 Å². The summed E-state index contributed by atoms with van der Waals surface area (Å²) in [5.74, 6) is -2.98. The van der Waals surface area contributed by atoms with Gasteiger partial charge in [-0.2, -0.15) is 5.10 Å². The second-order valence-corrected chi connectivity index (χ2v) is 13.7. The van der Waals surface area contributed by atoms with E-state index in [1.54, 1.807) is 46.0 Å². The van der Waals surface area contributed by atoms with Gasteiger partial charge in [0.2, 0.25) is 0 Å². The van der Waals surface area contributed by atoms with E-state index in [2.05, 4.69) is 10.1 Å². The van der Waals surface area contributed by atoms with Crippen LogP contribution < -0.4 is 5.73 Å². The molecule has 41 heavy (non-hydrogen) atoms. The molecule has 0 aliphatic rings. The first kappa shape index (κ1) is 30.4. The third-order valence-electron chi connectivity index (χ3n) is 6.26. The zero-order chi connectivity index (χ0) is 30.3. The molecule has 0 bridgehead atoms. The average molecular weight is 605 g/mol. The van der Waals surface area contributed by atoms with Gasteiger partial charge >= 0.3 is 5.97 Å². The Morgan fingerprint density at radius 3 is 2.39 bits per heavy atom. The number of benzene rings is 2. The lowest BCUT2D eigenvalue weighted by atomic mass is 9.87. The van der Waals surface area contributed by atoms with Crippen LogP contribution in [0.2, 0.25) is 5.02 Å². The van der Waals surface area contributed by atoms with E-state index < -0.39 is 39.0 Å². The standard InChI is InChI=1S/C29H31ClF2N4O4S/c1-29(2,3)40-25(37)11-17(8-16-9-18(31)12-19(32)10-16)27-22(13-20(33)14-34-27)21-6-7-23(30)26-24(15-41(5,38)39)35-36(4)28(21)26/h6-7,9-10,12-14,17H,8,11,15,33H2,1-5H3/t17-/m1/s1. The summed E-state index contributed by atoms with van der Waals surface area (Å²) in [5.41, 5.74) is 8.46. The molecule has 0 spiro atoms. The third-order valence-corrected chi connectivity index (χ3v) is 7.38. The van der Waals surface area contributed by atoms with Crippen LogP contribution in [0.15, 0.2) is 42.6 Å². The van der Waals surface area contributed by atoms with Gasteiger partial charge in [0.25, 0.3) is 0 Å². The number of nitrogen functional groups attached to an aromatic ring is 1. The molecular formula is C29H31ClF2N4O4S. The van der Waals surface area contributed by atoms with E-state index in [1.165, 1.54) is 23.0 Å². The average Bonchev–Trinajstić information content (AvgIpc) is 3.12. The van der Waals surface area contributed by atoms with Gasteiger partial charge < -0.3 is 10.5 Å². The van der Waals surface area contributed by atoms with Gasteiger partial charge in [0.15, 0.2) is 9.84 Å². The van der Waals surface area contributed by atoms with Crippen molar-refractivity contribution in [2.24, 2.45) is 7.05 Å². The Morgan fingerprint density at radius 1 is 1.12 bits per heavy atom. The lowest BCUT2D eigenvalue weighted by Gasteiger charge is -2.24. The van der Waals surface area contributed by atoms with Crippen molar-refractivity contribution < 1.29 is 26.7 Å². The largest absolute Gasteiger partial charge is 0.460 e. The van der Waals surface area contributed by atoms with Crippen molar-refractivity contribution in [2.75, 3.05) is 12.0 Å². The number of aryl methyl sites for hydroxylation is 1. The van der Waals surface area contributed by atoms with Gasteiger partial charge in [-0.05, 0) is 57.0 Å². The van der Waals surface area contributed by atoms with Crippen molar-refractivity contribution >= 4 is 44.0 Å². The lowest BCUT2D eigenvalue weighted by Crippen LogP contribution is -2.25. The van der Waals surface area contributed by atoms with E-state index in [-0.39, 0.29) is 24.3 Å². The van der Waals surface area contributed by atoms with E-state index in [4.69, 9.17) is 22.1 Å². The fourth-order valence-electron chi connectivity index (χ4n) is 4.92. The number of aromatic nitrogens is 3. The molecule has 2 N–H and O–H groups in total. The van der Waals surface area contributed by atoms with E-state index in [9.17, 15) is 22.0 Å². The topological polar surface area (TPSA) is 117 Å². The maximum Gasteiger partial charge on any atom is 0.306 e. The second-order valence-electron chi connectivity index (χ2n) is 11.1. The molecule has 4 rings (SSSR count). The van der Waals surface area contributed by atoms with E-state index in [0.717, 1.165) is 12.3 Å². The normalized spacial score (nSPS) is 13.0. The van der Waals surface area contributed by atoms with Crippen LogP contribution in [0.4, 0.5) is 14.5 Å². The summed E-state index contributed by atoms with van der Waals surface area (Å²) in [6.07, 6.45) is 2.49. The van der Waals surface area contributed by atoms with Gasteiger partial charge in [-0.25, -0.2) is 17.2 Å². The minimum atomic E-state index is -3.43. The number of carbonyl (C=O) groups excluding carboxylic acids is 1. The number of nitrogens with two attached hydrogens (primary N) is 1. The number of carbonyl (C=O) groups is 1. The maximum atomic E-state index is 14.1. The van der Waals surface area contributed by atoms with Crippen LogP contribution in [-0.2, 0) is 38.6 Å². The number of ether oxygens (including phenoxy) is 1. The number of rotatable bonds is 8. The molecule has 0 saturated heterocycles. The lowest BCUT2D eigenvalue weighted by molar-refractivity contribution is -0.155. The minimum absolute atomic E-state index is 0.0687. The number of anilines is 1. The van der Waals surface area contributed by atoms with E-state index in [0.29, 0.717) is 44.0 Å². The summed E-state index contributed by atoms with van der Waals surface area (Å²) < 4.78 is 59.6. The van der Waals surface area contributed by atoms with Crippen molar-refractivity contribution in [3.05, 3.63) is 76.2 Å². The molecule has 2 aromatic heterocycles. The molecule has 0 amide bonds. The van der Waals surface area contributed by atoms with Gasteiger partial charge in [0, 0.05) is 41.8 Å². The molecule has 4 aromatic rings. The molecule has 1 atom stereocenters. The van der Waals surface area contributed by atoms with Gasteiger partial charge in [-0.15, -0.1) is 0 Å². The Labute approximate surface area is 242 Å². The summed E-state index contributed by atoms with van der Waals surface area (Å²) in [6, 6.07) is 8.25. The highest BCUT2D eigenvalue weighted by molar-refractivity contribution is 7.89. The molecule has 0 fully saturated rings. The Bertz CT molecular complexity index is 1730. The van der Waals surface area contributed by atoms with Crippen LogP contribution >= 0.6 is 11.6 Å². The van der Waals surface area contributed by atoms with E-state index >= 15 is 0 Å².